The van der Waals surface area contributed by atoms with Gasteiger partial charge < -0.3 is 9.64 Å². The lowest BCUT2D eigenvalue weighted by Crippen LogP contribution is -2.36. The Morgan fingerprint density at radius 1 is 1.08 bits per heavy atom. The highest BCUT2D eigenvalue weighted by atomic mass is 16.5. The van der Waals surface area contributed by atoms with Crippen LogP contribution in [0.2, 0.25) is 0 Å². The first-order valence-electron chi connectivity index (χ1n) is 8.39. The zero-order chi connectivity index (χ0) is 17.5. The van der Waals surface area contributed by atoms with Crippen molar-refractivity contribution in [3.8, 4) is 5.75 Å². The molecule has 0 N–H and O–H groups in total. The van der Waals surface area contributed by atoms with Crippen molar-refractivity contribution in [1.29, 1.82) is 0 Å². The molecule has 3 heteroatoms. The second-order valence-corrected chi connectivity index (χ2v) is 7.08. The van der Waals surface area contributed by atoms with E-state index in [1.54, 1.807) is 12.0 Å². The highest BCUT2D eigenvalue weighted by Gasteiger charge is 2.45. The summed E-state index contributed by atoms with van der Waals surface area (Å²) in [7, 11) is 3.52. The van der Waals surface area contributed by atoms with E-state index < -0.39 is 5.41 Å². The number of methoxy groups -OCH3 is 1. The van der Waals surface area contributed by atoms with Gasteiger partial charge in [0.25, 0.3) is 0 Å². The molecule has 0 aromatic heterocycles. The molecule has 3 nitrogen and oxygen atoms in total. The van der Waals surface area contributed by atoms with E-state index in [0.29, 0.717) is 0 Å². The second-order valence-electron chi connectivity index (χ2n) is 7.08. The smallest absolute Gasteiger partial charge is 0.237 e. The molecule has 1 aliphatic heterocycles. The minimum atomic E-state index is -0.504. The van der Waals surface area contributed by atoms with Gasteiger partial charge in [-0.25, -0.2) is 0 Å². The van der Waals surface area contributed by atoms with E-state index in [-0.39, 0.29) is 5.91 Å². The van der Waals surface area contributed by atoms with Crippen LogP contribution < -0.4 is 9.64 Å². The van der Waals surface area contributed by atoms with E-state index in [0.717, 1.165) is 29.8 Å². The van der Waals surface area contributed by atoms with Gasteiger partial charge in [0.2, 0.25) is 5.91 Å². The Kier molecular flexibility index (Phi) is 4.12. The van der Waals surface area contributed by atoms with Gasteiger partial charge >= 0.3 is 0 Å². The molecule has 0 spiro atoms. The lowest BCUT2D eigenvalue weighted by Gasteiger charge is -2.23. The second kappa shape index (κ2) is 5.97. The van der Waals surface area contributed by atoms with Crippen LogP contribution in [0.4, 0.5) is 5.69 Å². The zero-order valence-corrected chi connectivity index (χ0v) is 15.1. The monoisotopic (exact) mass is 323 g/mol. The number of carbonyl (C=O) groups is 1. The molecule has 0 radical (unpaired) electrons. The minimum absolute atomic E-state index is 0.162. The Morgan fingerprint density at radius 3 is 2.38 bits per heavy atom. The number of aryl methyl sites for hydroxylation is 3. The summed E-state index contributed by atoms with van der Waals surface area (Å²) in [6.07, 6.45) is 1.68. The average molecular weight is 323 g/mol. The van der Waals surface area contributed by atoms with Gasteiger partial charge in [-0.1, -0.05) is 29.3 Å². The summed E-state index contributed by atoms with van der Waals surface area (Å²) in [5.74, 6) is 0.963. The first-order valence-corrected chi connectivity index (χ1v) is 8.39. The van der Waals surface area contributed by atoms with Gasteiger partial charge in [0, 0.05) is 12.7 Å². The molecule has 3 rings (SSSR count). The third kappa shape index (κ3) is 2.68. The molecule has 126 valence electrons. The van der Waals surface area contributed by atoms with Crippen molar-refractivity contribution >= 4 is 11.6 Å². The molecular weight excluding hydrogens is 298 g/mol. The molecule has 24 heavy (non-hydrogen) atoms. The number of hydrogen-bond donors (Lipinski definition) is 0. The van der Waals surface area contributed by atoms with Crippen LogP contribution in [0, 0.1) is 13.8 Å². The van der Waals surface area contributed by atoms with Crippen molar-refractivity contribution in [2.24, 2.45) is 0 Å². The molecule has 1 atom stereocenters. The van der Waals surface area contributed by atoms with E-state index >= 15 is 0 Å². The molecule has 0 saturated heterocycles. The maximum Gasteiger partial charge on any atom is 0.237 e. The van der Waals surface area contributed by atoms with Gasteiger partial charge in [-0.15, -0.1) is 0 Å². The molecule has 2 aromatic carbocycles. The number of amides is 1. The van der Waals surface area contributed by atoms with E-state index in [1.807, 2.05) is 25.2 Å². The molecule has 1 unspecified atom stereocenters. The number of anilines is 1. The number of carbonyl (C=O) groups excluding carboxylic acids is 1. The predicted molar refractivity (Wildman–Crippen MR) is 98.0 cm³/mol. The fourth-order valence-corrected chi connectivity index (χ4v) is 3.82. The van der Waals surface area contributed by atoms with E-state index in [2.05, 4.69) is 39.0 Å². The molecule has 0 aliphatic carbocycles. The summed E-state index contributed by atoms with van der Waals surface area (Å²) < 4.78 is 5.37. The molecule has 0 saturated carbocycles. The first-order chi connectivity index (χ1) is 11.3. The van der Waals surface area contributed by atoms with E-state index in [4.69, 9.17) is 4.74 Å². The van der Waals surface area contributed by atoms with Crippen molar-refractivity contribution in [1.82, 2.24) is 0 Å². The van der Waals surface area contributed by atoms with Crippen LogP contribution in [0.5, 0.6) is 5.75 Å². The van der Waals surface area contributed by atoms with Gasteiger partial charge in [-0.05, 0) is 62.9 Å². The Bertz CT molecular complexity index is 776. The number of ether oxygens (including phenoxy) is 1. The summed E-state index contributed by atoms with van der Waals surface area (Å²) in [4.78, 5) is 14.7. The normalized spacial score (nSPS) is 19.5. The predicted octanol–water partition coefficient (Wildman–Crippen LogP) is 4.18. The summed E-state index contributed by atoms with van der Waals surface area (Å²) in [6.45, 7) is 6.29. The standard InChI is InChI=1S/C21H25NO2/c1-14-10-15(2)12-16(11-14)8-9-21(3)18-13-17(24-5)6-7-19(18)22(4)20(21)23/h6-7,10-13H,8-9H2,1-5H3. The first kappa shape index (κ1) is 16.6. The van der Waals surface area contributed by atoms with E-state index in [1.165, 1.54) is 16.7 Å². The Labute approximate surface area is 144 Å². The largest absolute Gasteiger partial charge is 0.497 e. The summed E-state index contributed by atoms with van der Waals surface area (Å²) >= 11 is 0. The van der Waals surface area contributed by atoms with Crippen LogP contribution in [0.25, 0.3) is 0 Å². The van der Waals surface area contributed by atoms with Crippen molar-refractivity contribution in [2.75, 3.05) is 19.1 Å². The SMILES string of the molecule is COc1ccc2c(c1)C(C)(CCc1cc(C)cc(C)c1)C(=O)N2C. The molecular formula is C21H25NO2. The van der Waals surface area contributed by atoms with Gasteiger partial charge in [-0.2, -0.15) is 0 Å². The van der Waals surface area contributed by atoms with Crippen molar-refractivity contribution in [3.63, 3.8) is 0 Å². The van der Waals surface area contributed by atoms with E-state index in [9.17, 15) is 4.79 Å². The van der Waals surface area contributed by atoms with Crippen LogP contribution in [0.1, 0.15) is 35.6 Å². The number of benzene rings is 2. The maximum atomic E-state index is 12.9. The van der Waals surface area contributed by atoms with Crippen LogP contribution in [0.15, 0.2) is 36.4 Å². The number of fused-ring (bicyclic) bond motifs is 1. The fourth-order valence-electron chi connectivity index (χ4n) is 3.82. The minimum Gasteiger partial charge on any atom is -0.497 e. The molecule has 0 fully saturated rings. The topological polar surface area (TPSA) is 29.5 Å². The van der Waals surface area contributed by atoms with Crippen LogP contribution in [0.3, 0.4) is 0 Å². The van der Waals surface area contributed by atoms with Crippen LogP contribution in [-0.4, -0.2) is 20.1 Å². The summed E-state index contributed by atoms with van der Waals surface area (Å²) in [5, 5.41) is 0. The highest BCUT2D eigenvalue weighted by molar-refractivity contribution is 6.07. The number of rotatable bonds is 4. The van der Waals surface area contributed by atoms with Crippen molar-refractivity contribution < 1.29 is 9.53 Å². The fraction of sp³-hybridized carbons (Fsp3) is 0.381. The maximum absolute atomic E-state index is 12.9. The Balaban J connectivity index is 1.93. The van der Waals surface area contributed by atoms with Gasteiger partial charge in [0.1, 0.15) is 5.75 Å². The van der Waals surface area contributed by atoms with Crippen LogP contribution >= 0.6 is 0 Å². The molecule has 1 amide bonds. The molecule has 0 bridgehead atoms. The van der Waals surface area contributed by atoms with Crippen LogP contribution in [-0.2, 0) is 16.6 Å². The lowest BCUT2D eigenvalue weighted by atomic mass is 9.78. The molecule has 1 aliphatic rings. The van der Waals surface area contributed by atoms with Crippen molar-refractivity contribution in [3.05, 3.63) is 58.7 Å². The third-order valence-corrected chi connectivity index (χ3v) is 5.13. The summed E-state index contributed by atoms with van der Waals surface area (Å²) in [5.41, 5.74) is 5.39. The zero-order valence-electron chi connectivity index (χ0n) is 15.1. The molecule has 2 aromatic rings. The molecule has 1 heterocycles. The van der Waals surface area contributed by atoms with Gasteiger partial charge in [-0.3, -0.25) is 4.79 Å². The lowest BCUT2D eigenvalue weighted by molar-refractivity contribution is -0.122. The van der Waals surface area contributed by atoms with Gasteiger partial charge in [0.05, 0.1) is 12.5 Å². The number of hydrogen-bond acceptors (Lipinski definition) is 2. The van der Waals surface area contributed by atoms with Gasteiger partial charge in [0.15, 0.2) is 0 Å². The highest BCUT2D eigenvalue weighted by Crippen LogP contribution is 2.45. The number of likely N-dealkylation sites (N-methyl/N-ethyl adjacent to an activating group) is 1. The third-order valence-electron chi connectivity index (χ3n) is 5.13. The number of nitrogens with zero attached hydrogens (tertiary/aromatic N) is 1. The Morgan fingerprint density at radius 2 is 1.75 bits per heavy atom. The quantitative estimate of drug-likeness (QED) is 0.845. The average Bonchev–Trinajstić information content (AvgIpc) is 2.74. The summed E-state index contributed by atoms with van der Waals surface area (Å²) in [6, 6.07) is 12.5. The van der Waals surface area contributed by atoms with Crippen molar-refractivity contribution in [2.45, 2.75) is 39.0 Å². The Hall–Kier alpha value is -2.29.